The Morgan fingerprint density at radius 1 is 1.60 bits per heavy atom. The van der Waals surface area contributed by atoms with Crippen molar-refractivity contribution in [1.29, 1.82) is 0 Å². The largest absolute Gasteiger partial charge is 0.462 e. The molecule has 0 radical (unpaired) electrons. The highest BCUT2D eigenvalue weighted by molar-refractivity contribution is 9.10. The van der Waals surface area contributed by atoms with Gasteiger partial charge >= 0.3 is 5.97 Å². The van der Waals surface area contributed by atoms with E-state index in [0.717, 1.165) is 4.47 Å². The molecule has 1 aromatic carbocycles. The summed E-state index contributed by atoms with van der Waals surface area (Å²) >= 11 is 9.09. The quantitative estimate of drug-likeness (QED) is 0.478. The van der Waals surface area contributed by atoms with Crippen LogP contribution in [-0.2, 0) is 4.74 Å². The third-order valence-corrected chi connectivity index (χ3v) is 2.94. The average Bonchev–Trinajstić information content (AvgIpc) is 2.22. The van der Waals surface area contributed by atoms with Crippen LogP contribution in [-0.4, -0.2) is 12.6 Å². The fraction of sp³-hybridized carbons (Fsp3) is 0.182. The molecule has 0 aliphatic heterocycles. The molecule has 15 heavy (non-hydrogen) atoms. The third-order valence-electron chi connectivity index (χ3n) is 1.71. The Morgan fingerprint density at radius 2 is 2.33 bits per heavy atom. The molecule has 0 aliphatic carbocycles. The van der Waals surface area contributed by atoms with Crippen LogP contribution in [0.5, 0.6) is 0 Å². The molecule has 0 fully saturated rings. The SMILES string of the molecule is C=CCCOC(=O)c1ccc(Br)c(Cl)c1. The van der Waals surface area contributed by atoms with Crippen LogP contribution in [0.25, 0.3) is 0 Å². The Hall–Kier alpha value is -0.800. The van der Waals surface area contributed by atoms with Crippen molar-refractivity contribution in [3.63, 3.8) is 0 Å². The van der Waals surface area contributed by atoms with Crippen molar-refractivity contribution in [3.8, 4) is 0 Å². The Labute approximate surface area is 102 Å². The lowest BCUT2D eigenvalue weighted by Gasteiger charge is -2.04. The van der Waals surface area contributed by atoms with Gasteiger partial charge in [-0.25, -0.2) is 4.79 Å². The maximum Gasteiger partial charge on any atom is 0.338 e. The number of rotatable bonds is 4. The standard InChI is InChI=1S/C11H10BrClO2/c1-2-3-6-15-11(14)8-4-5-9(12)10(13)7-8/h2,4-5,7H,1,3,6H2. The topological polar surface area (TPSA) is 26.3 Å². The summed E-state index contributed by atoms with van der Waals surface area (Å²) in [5, 5.41) is 0.494. The first-order chi connectivity index (χ1) is 7.15. The number of halogens is 2. The third kappa shape index (κ3) is 3.68. The zero-order chi connectivity index (χ0) is 11.3. The van der Waals surface area contributed by atoms with Gasteiger partial charge in [-0.1, -0.05) is 17.7 Å². The van der Waals surface area contributed by atoms with Gasteiger partial charge in [0.15, 0.2) is 0 Å². The summed E-state index contributed by atoms with van der Waals surface area (Å²) in [6.07, 6.45) is 2.35. The first-order valence-corrected chi connectivity index (χ1v) is 5.55. The molecule has 1 aromatic rings. The van der Waals surface area contributed by atoms with E-state index in [0.29, 0.717) is 23.6 Å². The van der Waals surface area contributed by atoms with Crippen LogP contribution < -0.4 is 0 Å². The van der Waals surface area contributed by atoms with E-state index >= 15 is 0 Å². The smallest absolute Gasteiger partial charge is 0.338 e. The molecule has 0 aliphatic rings. The van der Waals surface area contributed by atoms with Crippen LogP contribution in [0.3, 0.4) is 0 Å². The summed E-state index contributed by atoms with van der Waals surface area (Å²) in [5.74, 6) is -0.369. The van der Waals surface area contributed by atoms with Crippen molar-refractivity contribution in [2.24, 2.45) is 0 Å². The zero-order valence-electron chi connectivity index (χ0n) is 8.00. The molecule has 0 saturated carbocycles. The number of ether oxygens (including phenoxy) is 1. The van der Waals surface area contributed by atoms with Gasteiger partial charge in [-0.05, 0) is 40.5 Å². The predicted octanol–water partition coefficient (Wildman–Crippen LogP) is 3.84. The lowest BCUT2D eigenvalue weighted by atomic mass is 10.2. The van der Waals surface area contributed by atoms with Gasteiger partial charge in [0.25, 0.3) is 0 Å². The second kappa shape index (κ2) is 5.93. The molecule has 0 atom stereocenters. The zero-order valence-corrected chi connectivity index (χ0v) is 10.3. The molecule has 0 amide bonds. The highest BCUT2D eigenvalue weighted by atomic mass is 79.9. The summed E-state index contributed by atoms with van der Waals surface area (Å²) < 4.78 is 5.74. The highest BCUT2D eigenvalue weighted by Gasteiger charge is 2.08. The van der Waals surface area contributed by atoms with Crippen LogP contribution in [0.1, 0.15) is 16.8 Å². The van der Waals surface area contributed by atoms with E-state index in [1.165, 1.54) is 0 Å². The number of benzene rings is 1. The summed E-state index contributed by atoms with van der Waals surface area (Å²) in [5.41, 5.74) is 0.451. The molecular weight excluding hydrogens is 279 g/mol. The molecule has 4 heteroatoms. The van der Waals surface area contributed by atoms with E-state index in [4.69, 9.17) is 16.3 Å². The van der Waals surface area contributed by atoms with Crippen LogP contribution >= 0.6 is 27.5 Å². The minimum atomic E-state index is -0.369. The van der Waals surface area contributed by atoms with Gasteiger partial charge in [0, 0.05) is 4.47 Å². The molecule has 0 spiro atoms. The second-order valence-electron chi connectivity index (χ2n) is 2.84. The maximum atomic E-state index is 11.5. The molecule has 0 heterocycles. The van der Waals surface area contributed by atoms with Gasteiger partial charge in [-0.2, -0.15) is 0 Å². The normalized spacial score (nSPS) is 9.73. The Kier molecular flexibility index (Phi) is 4.85. The van der Waals surface area contributed by atoms with Gasteiger partial charge < -0.3 is 4.74 Å². The summed E-state index contributed by atoms with van der Waals surface area (Å²) in [4.78, 5) is 11.5. The molecule has 0 bridgehead atoms. The van der Waals surface area contributed by atoms with Gasteiger partial charge in [-0.3, -0.25) is 0 Å². The lowest BCUT2D eigenvalue weighted by Crippen LogP contribution is -2.05. The van der Waals surface area contributed by atoms with E-state index in [1.54, 1.807) is 24.3 Å². The monoisotopic (exact) mass is 288 g/mol. The van der Waals surface area contributed by atoms with Crippen molar-refractivity contribution in [3.05, 3.63) is 45.9 Å². The van der Waals surface area contributed by atoms with Crippen molar-refractivity contribution in [2.45, 2.75) is 6.42 Å². The number of hydrogen-bond donors (Lipinski definition) is 0. The van der Waals surface area contributed by atoms with Crippen molar-refractivity contribution in [2.75, 3.05) is 6.61 Å². The first-order valence-electron chi connectivity index (χ1n) is 4.38. The Bertz CT molecular complexity index is 377. The van der Waals surface area contributed by atoms with Crippen LogP contribution in [0.4, 0.5) is 0 Å². The van der Waals surface area contributed by atoms with E-state index < -0.39 is 0 Å². The number of carbonyl (C=O) groups is 1. The van der Waals surface area contributed by atoms with Crippen molar-refractivity contribution < 1.29 is 9.53 Å². The second-order valence-corrected chi connectivity index (χ2v) is 4.10. The molecule has 0 saturated heterocycles. The van der Waals surface area contributed by atoms with Gasteiger partial charge in [0.2, 0.25) is 0 Å². The minimum absolute atomic E-state index is 0.343. The highest BCUT2D eigenvalue weighted by Crippen LogP contribution is 2.23. The van der Waals surface area contributed by atoms with Gasteiger partial charge in [-0.15, -0.1) is 6.58 Å². The summed E-state index contributed by atoms with van der Waals surface area (Å²) in [7, 11) is 0. The molecular formula is C11H10BrClO2. The Morgan fingerprint density at radius 3 is 2.93 bits per heavy atom. The summed E-state index contributed by atoms with van der Waals surface area (Å²) in [6, 6.07) is 4.94. The molecule has 80 valence electrons. The Balaban J connectivity index is 2.65. The van der Waals surface area contributed by atoms with E-state index in [9.17, 15) is 4.79 Å². The lowest BCUT2D eigenvalue weighted by molar-refractivity contribution is 0.0512. The number of esters is 1. The summed E-state index contributed by atoms with van der Waals surface area (Å²) in [6.45, 7) is 3.88. The van der Waals surface area contributed by atoms with Crippen LogP contribution in [0.15, 0.2) is 35.3 Å². The molecule has 1 rings (SSSR count). The van der Waals surface area contributed by atoms with Gasteiger partial charge in [0.05, 0.1) is 17.2 Å². The first kappa shape index (κ1) is 12.3. The van der Waals surface area contributed by atoms with E-state index in [1.807, 2.05) is 0 Å². The van der Waals surface area contributed by atoms with Crippen molar-refractivity contribution in [1.82, 2.24) is 0 Å². The van der Waals surface area contributed by atoms with E-state index in [2.05, 4.69) is 22.5 Å². The molecule has 0 N–H and O–H groups in total. The maximum absolute atomic E-state index is 11.5. The minimum Gasteiger partial charge on any atom is -0.462 e. The fourth-order valence-corrected chi connectivity index (χ4v) is 1.37. The van der Waals surface area contributed by atoms with Crippen LogP contribution in [0.2, 0.25) is 5.02 Å². The van der Waals surface area contributed by atoms with Gasteiger partial charge in [0.1, 0.15) is 0 Å². The average molecular weight is 290 g/mol. The molecule has 0 aromatic heterocycles. The van der Waals surface area contributed by atoms with Crippen molar-refractivity contribution >= 4 is 33.5 Å². The molecule has 0 unspecified atom stereocenters. The number of carbonyl (C=O) groups excluding carboxylic acids is 1. The fourth-order valence-electron chi connectivity index (χ4n) is 0.941. The van der Waals surface area contributed by atoms with Crippen LogP contribution in [0, 0.1) is 0 Å². The molecule has 2 nitrogen and oxygen atoms in total. The van der Waals surface area contributed by atoms with E-state index in [-0.39, 0.29) is 5.97 Å². The predicted molar refractivity (Wildman–Crippen MR) is 64.2 cm³/mol. The number of hydrogen-bond acceptors (Lipinski definition) is 2.